The molecular formula is C12H15NO3. The molecule has 4 nitrogen and oxygen atoms in total. The van der Waals surface area contributed by atoms with E-state index in [0.717, 1.165) is 11.1 Å². The van der Waals surface area contributed by atoms with Gasteiger partial charge in [0.05, 0.1) is 6.61 Å². The largest absolute Gasteiger partial charge is 0.460 e. The van der Waals surface area contributed by atoms with Crippen LogP contribution in [0.2, 0.25) is 0 Å². The Labute approximate surface area is 94.4 Å². The molecular weight excluding hydrogens is 206 g/mol. The van der Waals surface area contributed by atoms with E-state index in [1.165, 1.54) is 0 Å². The first-order chi connectivity index (χ1) is 7.67. The maximum Gasteiger partial charge on any atom is 0.374 e. The summed E-state index contributed by atoms with van der Waals surface area (Å²) in [6, 6.07) is 7.29. The van der Waals surface area contributed by atoms with E-state index in [0.29, 0.717) is 6.54 Å². The number of hydrogen-bond donors (Lipinski definition) is 1. The normalized spacial score (nSPS) is 9.88. The highest BCUT2D eigenvalue weighted by Gasteiger charge is 2.15. The number of benzene rings is 1. The molecule has 4 heteroatoms. The van der Waals surface area contributed by atoms with Crippen molar-refractivity contribution in [3.8, 4) is 0 Å². The molecule has 0 aliphatic carbocycles. The maximum absolute atomic E-state index is 11.4. The molecule has 0 unspecified atom stereocenters. The van der Waals surface area contributed by atoms with E-state index in [2.05, 4.69) is 4.74 Å². The Balaban J connectivity index is 2.65. The third-order valence-corrected chi connectivity index (χ3v) is 2.09. The van der Waals surface area contributed by atoms with Crippen LogP contribution in [0.3, 0.4) is 0 Å². The average molecular weight is 221 g/mol. The standard InChI is InChI=1S/C12H15NO3/c1-2-16-12(15)11(14)7-9-4-3-5-10(6-9)8-13/h3-6H,2,7-8,13H2,1H3. The van der Waals surface area contributed by atoms with Crippen LogP contribution in [0, 0.1) is 0 Å². The van der Waals surface area contributed by atoms with Crippen molar-refractivity contribution in [3.63, 3.8) is 0 Å². The SMILES string of the molecule is CCOC(=O)C(=O)Cc1cccc(CN)c1. The molecule has 0 aliphatic rings. The summed E-state index contributed by atoms with van der Waals surface area (Å²) < 4.78 is 4.62. The average Bonchev–Trinajstić information content (AvgIpc) is 2.29. The molecule has 0 amide bonds. The number of carbonyl (C=O) groups is 2. The molecule has 1 rings (SSSR count). The molecule has 0 saturated carbocycles. The van der Waals surface area contributed by atoms with Crippen molar-refractivity contribution in [1.82, 2.24) is 0 Å². The van der Waals surface area contributed by atoms with Crippen LogP contribution in [0.4, 0.5) is 0 Å². The number of hydrogen-bond acceptors (Lipinski definition) is 4. The summed E-state index contributed by atoms with van der Waals surface area (Å²) in [5, 5.41) is 0. The number of Topliss-reactive ketones (excluding diaryl/α,β-unsaturated/α-hetero) is 1. The number of ether oxygens (including phenoxy) is 1. The Bertz CT molecular complexity index is 388. The van der Waals surface area contributed by atoms with E-state index in [4.69, 9.17) is 5.73 Å². The van der Waals surface area contributed by atoms with Gasteiger partial charge in [0.1, 0.15) is 0 Å². The van der Waals surface area contributed by atoms with Gasteiger partial charge in [0.25, 0.3) is 0 Å². The van der Waals surface area contributed by atoms with Gasteiger partial charge in [-0.25, -0.2) is 4.79 Å². The van der Waals surface area contributed by atoms with Crippen molar-refractivity contribution in [1.29, 1.82) is 0 Å². The Morgan fingerprint density at radius 1 is 1.31 bits per heavy atom. The fourth-order valence-corrected chi connectivity index (χ4v) is 1.34. The molecule has 0 atom stereocenters. The highest BCUT2D eigenvalue weighted by atomic mass is 16.5. The van der Waals surface area contributed by atoms with Crippen LogP contribution in [-0.2, 0) is 27.3 Å². The minimum atomic E-state index is -0.777. The summed E-state index contributed by atoms with van der Waals surface area (Å²) in [5.74, 6) is -1.31. The van der Waals surface area contributed by atoms with Crippen LogP contribution in [0.1, 0.15) is 18.1 Å². The third kappa shape index (κ3) is 3.47. The number of ketones is 1. The van der Waals surface area contributed by atoms with Gasteiger partial charge in [-0.3, -0.25) is 4.79 Å². The number of carbonyl (C=O) groups excluding carboxylic acids is 2. The molecule has 0 bridgehead atoms. The summed E-state index contributed by atoms with van der Waals surface area (Å²) in [7, 11) is 0. The van der Waals surface area contributed by atoms with Gasteiger partial charge in [0, 0.05) is 13.0 Å². The molecule has 0 fully saturated rings. The Morgan fingerprint density at radius 2 is 2.00 bits per heavy atom. The second-order valence-electron chi connectivity index (χ2n) is 3.34. The molecule has 0 aliphatic heterocycles. The zero-order chi connectivity index (χ0) is 12.0. The highest BCUT2D eigenvalue weighted by molar-refractivity contribution is 6.34. The van der Waals surface area contributed by atoms with Crippen LogP contribution >= 0.6 is 0 Å². The first-order valence-electron chi connectivity index (χ1n) is 5.15. The lowest BCUT2D eigenvalue weighted by molar-refractivity contribution is -0.153. The summed E-state index contributed by atoms with van der Waals surface area (Å²) in [4.78, 5) is 22.5. The maximum atomic E-state index is 11.4. The Morgan fingerprint density at radius 3 is 2.62 bits per heavy atom. The lowest BCUT2D eigenvalue weighted by Crippen LogP contribution is -2.19. The zero-order valence-electron chi connectivity index (χ0n) is 9.23. The number of esters is 1. The first kappa shape index (κ1) is 12.4. The summed E-state index contributed by atoms with van der Waals surface area (Å²) in [5.41, 5.74) is 7.20. The van der Waals surface area contributed by atoms with Gasteiger partial charge in [0.15, 0.2) is 0 Å². The third-order valence-electron chi connectivity index (χ3n) is 2.09. The lowest BCUT2D eigenvalue weighted by Gasteiger charge is -2.03. The summed E-state index contributed by atoms with van der Waals surface area (Å²) in [6.07, 6.45) is 0.0622. The number of rotatable bonds is 5. The van der Waals surface area contributed by atoms with E-state index in [-0.39, 0.29) is 13.0 Å². The smallest absolute Gasteiger partial charge is 0.374 e. The molecule has 0 radical (unpaired) electrons. The topological polar surface area (TPSA) is 69.4 Å². The fraction of sp³-hybridized carbons (Fsp3) is 0.333. The Kier molecular flexibility index (Phi) is 4.66. The Hall–Kier alpha value is -1.68. The summed E-state index contributed by atoms with van der Waals surface area (Å²) >= 11 is 0. The van der Waals surface area contributed by atoms with E-state index in [1.54, 1.807) is 13.0 Å². The zero-order valence-corrected chi connectivity index (χ0v) is 9.23. The van der Waals surface area contributed by atoms with Gasteiger partial charge in [-0.15, -0.1) is 0 Å². The van der Waals surface area contributed by atoms with Crippen LogP contribution in [-0.4, -0.2) is 18.4 Å². The van der Waals surface area contributed by atoms with E-state index in [9.17, 15) is 9.59 Å². The first-order valence-corrected chi connectivity index (χ1v) is 5.15. The minimum absolute atomic E-state index is 0.0622. The van der Waals surface area contributed by atoms with Crippen LogP contribution < -0.4 is 5.73 Å². The van der Waals surface area contributed by atoms with Crippen LogP contribution in [0.25, 0.3) is 0 Å². The lowest BCUT2D eigenvalue weighted by atomic mass is 10.1. The van der Waals surface area contributed by atoms with E-state index in [1.807, 2.05) is 18.2 Å². The van der Waals surface area contributed by atoms with Crippen LogP contribution in [0.5, 0.6) is 0 Å². The molecule has 1 aromatic rings. The van der Waals surface area contributed by atoms with Gasteiger partial charge in [-0.1, -0.05) is 24.3 Å². The van der Waals surface area contributed by atoms with E-state index >= 15 is 0 Å². The minimum Gasteiger partial charge on any atom is -0.460 e. The summed E-state index contributed by atoms with van der Waals surface area (Å²) in [6.45, 7) is 2.30. The molecule has 0 heterocycles. The van der Waals surface area contributed by atoms with Crippen molar-refractivity contribution in [2.24, 2.45) is 5.73 Å². The molecule has 16 heavy (non-hydrogen) atoms. The van der Waals surface area contributed by atoms with Crippen molar-refractivity contribution in [2.75, 3.05) is 6.61 Å². The van der Waals surface area contributed by atoms with E-state index < -0.39 is 11.8 Å². The monoisotopic (exact) mass is 221 g/mol. The second kappa shape index (κ2) is 6.02. The van der Waals surface area contributed by atoms with Crippen molar-refractivity contribution < 1.29 is 14.3 Å². The molecule has 0 saturated heterocycles. The predicted molar refractivity (Wildman–Crippen MR) is 59.7 cm³/mol. The fourth-order valence-electron chi connectivity index (χ4n) is 1.34. The number of nitrogens with two attached hydrogens (primary N) is 1. The quantitative estimate of drug-likeness (QED) is 0.590. The molecule has 2 N–H and O–H groups in total. The molecule has 0 aromatic heterocycles. The predicted octanol–water partition coefficient (Wildman–Crippen LogP) is 0.820. The van der Waals surface area contributed by atoms with Gasteiger partial charge < -0.3 is 10.5 Å². The molecule has 86 valence electrons. The van der Waals surface area contributed by atoms with Crippen LogP contribution in [0.15, 0.2) is 24.3 Å². The van der Waals surface area contributed by atoms with Gasteiger partial charge in [-0.2, -0.15) is 0 Å². The van der Waals surface area contributed by atoms with Gasteiger partial charge >= 0.3 is 5.97 Å². The van der Waals surface area contributed by atoms with Crippen molar-refractivity contribution in [3.05, 3.63) is 35.4 Å². The van der Waals surface area contributed by atoms with Gasteiger partial charge in [-0.05, 0) is 18.1 Å². The highest BCUT2D eigenvalue weighted by Crippen LogP contribution is 2.06. The van der Waals surface area contributed by atoms with Gasteiger partial charge in [0.2, 0.25) is 5.78 Å². The second-order valence-corrected chi connectivity index (χ2v) is 3.34. The molecule has 0 spiro atoms. The van der Waals surface area contributed by atoms with Crippen molar-refractivity contribution in [2.45, 2.75) is 19.9 Å². The molecule has 1 aromatic carbocycles. The van der Waals surface area contributed by atoms with Crippen molar-refractivity contribution >= 4 is 11.8 Å².